The van der Waals surface area contributed by atoms with Gasteiger partial charge in [0.05, 0.1) is 0 Å². The minimum absolute atomic E-state index is 0.255. The minimum Gasteiger partial charge on any atom is -0.385 e. The van der Waals surface area contributed by atoms with Gasteiger partial charge in [-0.2, -0.15) is 0 Å². The SMILES string of the molecule is CCNc1ccnc(C(=O)NCc2ccc(F)cc2)c1. The third kappa shape index (κ3) is 3.78. The maximum Gasteiger partial charge on any atom is 0.270 e. The standard InChI is InChI=1S/C15H16FN3O/c1-2-17-13-7-8-18-14(9-13)15(20)19-10-11-3-5-12(16)6-4-11/h3-9H,2,10H2,1H3,(H,17,18)(H,19,20). The Balaban J connectivity index is 1.97. The van der Waals surface area contributed by atoms with Crippen LogP contribution >= 0.6 is 0 Å². The van der Waals surface area contributed by atoms with Gasteiger partial charge in [0.2, 0.25) is 0 Å². The van der Waals surface area contributed by atoms with Gasteiger partial charge in [-0.15, -0.1) is 0 Å². The molecule has 0 spiro atoms. The Morgan fingerprint density at radius 2 is 2.00 bits per heavy atom. The van der Waals surface area contributed by atoms with Gasteiger partial charge in [0.1, 0.15) is 11.5 Å². The van der Waals surface area contributed by atoms with Crippen molar-refractivity contribution in [1.29, 1.82) is 0 Å². The van der Waals surface area contributed by atoms with E-state index in [1.807, 2.05) is 6.92 Å². The number of amides is 1. The number of nitrogens with zero attached hydrogens (tertiary/aromatic N) is 1. The molecule has 0 aliphatic carbocycles. The van der Waals surface area contributed by atoms with Crippen LogP contribution in [0.2, 0.25) is 0 Å². The third-order valence-corrected chi connectivity index (χ3v) is 2.74. The van der Waals surface area contributed by atoms with Crippen molar-refractivity contribution in [3.05, 3.63) is 59.7 Å². The number of aromatic nitrogens is 1. The topological polar surface area (TPSA) is 54.0 Å². The van der Waals surface area contributed by atoms with E-state index in [4.69, 9.17) is 0 Å². The summed E-state index contributed by atoms with van der Waals surface area (Å²) < 4.78 is 12.8. The molecule has 0 unspecified atom stereocenters. The van der Waals surface area contributed by atoms with Crippen LogP contribution < -0.4 is 10.6 Å². The van der Waals surface area contributed by atoms with Crippen molar-refractivity contribution < 1.29 is 9.18 Å². The molecule has 1 aromatic heterocycles. The van der Waals surface area contributed by atoms with E-state index in [-0.39, 0.29) is 11.7 Å². The average Bonchev–Trinajstić information content (AvgIpc) is 2.47. The Kier molecular flexibility index (Phi) is 4.65. The molecule has 0 radical (unpaired) electrons. The number of hydrogen-bond acceptors (Lipinski definition) is 3. The van der Waals surface area contributed by atoms with Crippen molar-refractivity contribution in [2.24, 2.45) is 0 Å². The van der Waals surface area contributed by atoms with Gasteiger partial charge in [-0.1, -0.05) is 12.1 Å². The predicted molar refractivity (Wildman–Crippen MR) is 76.0 cm³/mol. The van der Waals surface area contributed by atoms with Crippen LogP contribution in [0.25, 0.3) is 0 Å². The maximum atomic E-state index is 12.8. The highest BCUT2D eigenvalue weighted by Gasteiger charge is 2.07. The van der Waals surface area contributed by atoms with Gasteiger partial charge in [0.15, 0.2) is 0 Å². The number of anilines is 1. The van der Waals surface area contributed by atoms with Crippen molar-refractivity contribution in [2.45, 2.75) is 13.5 Å². The lowest BCUT2D eigenvalue weighted by atomic mass is 10.2. The molecular weight excluding hydrogens is 257 g/mol. The van der Waals surface area contributed by atoms with Crippen LogP contribution in [-0.2, 0) is 6.54 Å². The second-order valence-electron chi connectivity index (χ2n) is 4.27. The summed E-state index contributed by atoms with van der Waals surface area (Å²) >= 11 is 0. The van der Waals surface area contributed by atoms with Crippen LogP contribution in [0.3, 0.4) is 0 Å². The zero-order valence-corrected chi connectivity index (χ0v) is 11.2. The van der Waals surface area contributed by atoms with E-state index in [0.29, 0.717) is 12.2 Å². The van der Waals surface area contributed by atoms with Gasteiger partial charge in [0, 0.05) is 25.0 Å². The first kappa shape index (κ1) is 14.0. The molecule has 2 aromatic rings. The first-order valence-electron chi connectivity index (χ1n) is 6.41. The van der Waals surface area contributed by atoms with Crippen LogP contribution in [0.1, 0.15) is 23.0 Å². The first-order valence-corrected chi connectivity index (χ1v) is 6.41. The summed E-state index contributed by atoms with van der Waals surface area (Å²) in [5, 5.41) is 5.87. The highest BCUT2D eigenvalue weighted by Crippen LogP contribution is 2.08. The second kappa shape index (κ2) is 6.65. The first-order chi connectivity index (χ1) is 9.69. The Bertz CT molecular complexity index is 584. The van der Waals surface area contributed by atoms with Gasteiger partial charge in [-0.25, -0.2) is 4.39 Å². The lowest BCUT2D eigenvalue weighted by molar-refractivity contribution is 0.0946. The van der Waals surface area contributed by atoms with Crippen LogP contribution in [-0.4, -0.2) is 17.4 Å². The zero-order chi connectivity index (χ0) is 14.4. The summed E-state index contributed by atoms with van der Waals surface area (Å²) in [6, 6.07) is 9.51. The van der Waals surface area contributed by atoms with E-state index in [9.17, 15) is 9.18 Å². The molecule has 2 rings (SSSR count). The van der Waals surface area contributed by atoms with Gasteiger partial charge in [0.25, 0.3) is 5.91 Å². The normalized spacial score (nSPS) is 10.1. The quantitative estimate of drug-likeness (QED) is 0.880. The predicted octanol–water partition coefficient (Wildman–Crippen LogP) is 2.58. The van der Waals surface area contributed by atoms with E-state index in [2.05, 4.69) is 15.6 Å². The van der Waals surface area contributed by atoms with Gasteiger partial charge < -0.3 is 10.6 Å². The molecule has 1 heterocycles. The number of hydrogen-bond donors (Lipinski definition) is 2. The van der Waals surface area contributed by atoms with Crippen LogP contribution in [0.4, 0.5) is 10.1 Å². The summed E-state index contributed by atoms with van der Waals surface area (Å²) in [4.78, 5) is 16.0. The number of benzene rings is 1. The molecule has 0 bridgehead atoms. The molecule has 0 atom stereocenters. The zero-order valence-electron chi connectivity index (χ0n) is 11.2. The number of halogens is 1. The van der Waals surface area contributed by atoms with Crippen molar-refractivity contribution in [1.82, 2.24) is 10.3 Å². The lowest BCUT2D eigenvalue weighted by Gasteiger charge is -2.07. The number of nitrogens with one attached hydrogen (secondary N) is 2. The molecule has 0 saturated carbocycles. The van der Waals surface area contributed by atoms with Crippen molar-refractivity contribution in [3.63, 3.8) is 0 Å². The molecule has 5 heteroatoms. The summed E-state index contributed by atoms with van der Waals surface area (Å²) in [6.07, 6.45) is 1.59. The van der Waals surface area contributed by atoms with E-state index in [1.54, 1.807) is 30.5 Å². The minimum atomic E-state index is -0.292. The van der Waals surface area contributed by atoms with Gasteiger partial charge in [-0.3, -0.25) is 9.78 Å². The van der Waals surface area contributed by atoms with Crippen LogP contribution in [0.5, 0.6) is 0 Å². The summed E-state index contributed by atoms with van der Waals surface area (Å²) in [6.45, 7) is 3.10. The molecule has 0 saturated heterocycles. The summed E-state index contributed by atoms with van der Waals surface area (Å²) in [5.41, 5.74) is 2.04. The largest absolute Gasteiger partial charge is 0.385 e. The number of rotatable bonds is 5. The molecule has 1 amide bonds. The van der Waals surface area contributed by atoms with Crippen molar-refractivity contribution in [3.8, 4) is 0 Å². The average molecular weight is 273 g/mol. The fourth-order valence-corrected chi connectivity index (χ4v) is 1.74. The highest BCUT2D eigenvalue weighted by atomic mass is 19.1. The van der Waals surface area contributed by atoms with E-state index < -0.39 is 0 Å². The van der Waals surface area contributed by atoms with Gasteiger partial charge in [-0.05, 0) is 36.8 Å². The Labute approximate surface area is 117 Å². The molecule has 2 N–H and O–H groups in total. The van der Waals surface area contributed by atoms with Crippen LogP contribution in [0, 0.1) is 5.82 Å². The number of carbonyl (C=O) groups is 1. The number of carbonyl (C=O) groups excluding carboxylic acids is 1. The van der Waals surface area contributed by atoms with E-state index in [0.717, 1.165) is 17.8 Å². The molecule has 1 aromatic carbocycles. The summed E-state index contributed by atoms with van der Waals surface area (Å²) in [5.74, 6) is -0.547. The molecule has 104 valence electrons. The van der Waals surface area contributed by atoms with Crippen molar-refractivity contribution >= 4 is 11.6 Å². The molecule has 20 heavy (non-hydrogen) atoms. The third-order valence-electron chi connectivity index (χ3n) is 2.74. The lowest BCUT2D eigenvalue weighted by Crippen LogP contribution is -2.23. The second-order valence-corrected chi connectivity index (χ2v) is 4.27. The molecule has 0 aliphatic rings. The maximum absolute atomic E-state index is 12.8. The smallest absolute Gasteiger partial charge is 0.270 e. The van der Waals surface area contributed by atoms with Gasteiger partial charge >= 0.3 is 0 Å². The molecule has 0 aliphatic heterocycles. The highest BCUT2D eigenvalue weighted by molar-refractivity contribution is 5.93. The monoisotopic (exact) mass is 273 g/mol. The molecule has 4 nitrogen and oxygen atoms in total. The van der Waals surface area contributed by atoms with Crippen LogP contribution in [0.15, 0.2) is 42.6 Å². The Morgan fingerprint density at radius 1 is 1.25 bits per heavy atom. The fraction of sp³-hybridized carbons (Fsp3) is 0.200. The van der Waals surface area contributed by atoms with Crippen molar-refractivity contribution in [2.75, 3.05) is 11.9 Å². The Hall–Kier alpha value is -2.43. The van der Waals surface area contributed by atoms with E-state index >= 15 is 0 Å². The van der Waals surface area contributed by atoms with E-state index in [1.165, 1.54) is 12.1 Å². The Morgan fingerprint density at radius 3 is 2.70 bits per heavy atom. The summed E-state index contributed by atoms with van der Waals surface area (Å²) in [7, 11) is 0. The fourth-order valence-electron chi connectivity index (χ4n) is 1.74. The number of pyridine rings is 1. The molecular formula is C15H16FN3O. The molecule has 0 fully saturated rings.